The molecule has 1 atom stereocenters. The number of aliphatic hydroxyl groups excluding tert-OH is 1. The highest BCUT2D eigenvalue weighted by Gasteiger charge is 2.13. The van der Waals surface area contributed by atoms with Crippen molar-refractivity contribution in [3.63, 3.8) is 0 Å². The normalized spacial score (nSPS) is 12.0. The Hall–Kier alpha value is -3.26. The van der Waals surface area contributed by atoms with E-state index in [2.05, 4.69) is 15.4 Å². The lowest BCUT2D eigenvalue weighted by Gasteiger charge is -2.16. The molecule has 0 saturated carbocycles. The van der Waals surface area contributed by atoms with E-state index in [0.717, 1.165) is 22.4 Å². The summed E-state index contributed by atoms with van der Waals surface area (Å²) in [7, 11) is 0. The van der Waals surface area contributed by atoms with E-state index >= 15 is 0 Å². The molecule has 3 rings (SSSR count). The second-order valence-corrected chi connectivity index (χ2v) is 6.73. The van der Waals surface area contributed by atoms with E-state index in [0.29, 0.717) is 17.0 Å². The fourth-order valence-electron chi connectivity index (χ4n) is 2.79. The third-order valence-corrected chi connectivity index (χ3v) is 4.55. The highest BCUT2D eigenvalue weighted by molar-refractivity contribution is 5.93. The van der Waals surface area contributed by atoms with Gasteiger partial charge in [0, 0.05) is 11.1 Å². The summed E-state index contributed by atoms with van der Waals surface area (Å²) in [6.07, 6.45) is -0.793. The molecular formula is C20H23N5O3. The molecule has 8 heteroatoms. The summed E-state index contributed by atoms with van der Waals surface area (Å²) in [5, 5.41) is 22.5. The van der Waals surface area contributed by atoms with Crippen LogP contribution in [0.5, 0.6) is 5.75 Å². The number of carbonyl (C=O) groups is 1. The molecule has 0 fully saturated rings. The molecule has 0 aliphatic carbocycles. The molecule has 0 spiro atoms. The topological polar surface area (TPSA) is 116 Å². The Morgan fingerprint density at radius 3 is 2.50 bits per heavy atom. The summed E-state index contributed by atoms with van der Waals surface area (Å²) in [6.45, 7) is 6.27. The predicted molar refractivity (Wildman–Crippen MR) is 104 cm³/mol. The molecule has 0 saturated heterocycles. The number of primary amides is 1. The molecule has 8 nitrogen and oxygen atoms in total. The number of rotatable bonds is 7. The van der Waals surface area contributed by atoms with E-state index in [1.165, 1.54) is 4.80 Å². The smallest absolute Gasteiger partial charge is 0.248 e. The van der Waals surface area contributed by atoms with E-state index in [9.17, 15) is 9.90 Å². The minimum atomic E-state index is -0.793. The van der Waals surface area contributed by atoms with Gasteiger partial charge in [0.1, 0.15) is 18.5 Å². The molecule has 1 aromatic heterocycles. The van der Waals surface area contributed by atoms with Crippen molar-refractivity contribution >= 4 is 5.91 Å². The number of ether oxygens (including phenoxy) is 1. The molecule has 0 aliphatic heterocycles. The van der Waals surface area contributed by atoms with Crippen molar-refractivity contribution in [1.29, 1.82) is 0 Å². The van der Waals surface area contributed by atoms with Gasteiger partial charge in [0.05, 0.1) is 6.54 Å². The van der Waals surface area contributed by atoms with Gasteiger partial charge in [0.2, 0.25) is 11.7 Å². The summed E-state index contributed by atoms with van der Waals surface area (Å²) >= 11 is 0. The maximum absolute atomic E-state index is 11.1. The van der Waals surface area contributed by atoms with Crippen LogP contribution in [0.15, 0.2) is 36.4 Å². The monoisotopic (exact) mass is 381 g/mol. The van der Waals surface area contributed by atoms with Gasteiger partial charge in [-0.05, 0) is 54.8 Å². The van der Waals surface area contributed by atoms with Gasteiger partial charge in [-0.3, -0.25) is 4.79 Å². The summed E-state index contributed by atoms with van der Waals surface area (Å²) < 4.78 is 5.83. The molecule has 3 aromatic rings. The summed E-state index contributed by atoms with van der Waals surface area (Å²) in [5.41, 5.74) is 9.57. The Morgan fingerprint density at radius 2 is 1.82 bits per heavy atom. The van der Waals surface area contributed by atoms with Gasteiger partial charge in [-0.25, -0.2) is 0 Å². The van der Waals surface area contributed by atoms with Crippen molar-refractivity contribution in [3.05, 3.63) is 58.7 Å². The molecule has 0 radical (unpaired) electrons. The van der Waals surface area contributed by atoms with Crippen molar-refractivity contribution < 1.29 is 14.6 Å². The standard InChI is InChI=1S/C20H23N5O3/c1-12-4-5-13(2)18(14(12)3)28-11-17(26)10-25-23-20(22-24-25)16-8-6-15(7-9-16)19(21)27/h4-9,17,26H,10-11H2,1-3H3,(H2,21,27)/t17-/m1/s1. The average Bonchev–Trinajstić information content (AvgIpc) is 3.13. The molecule has 0 bridgehead atoms. The molecule has 1 amide bonds. The maximum atomic E-state index is 11.1. The largest absolute Gasteiger partial charge is 0.490 e. The molecule has 1 heterocycles. The lowest BCUT2D eigenvalue weighted by atomic mass is 10.1. The third kappa shape index (κ3) is 4.34. The number of hydrogen-bond donors (Lipinski definition) is 2. The maximum Gasteiger partial charge on any atom is 0.248 e. The lowest BCUT2D eigenvalue weighted by molar-refractivity contribution is 0.0843. The van der Waals surface area contributed by atoms with Gasteiger partial charge in [-0.1, -0.05) is 24.3 Å². The van der Waals surface area contributed by atoms with Gasteiger partial charge in [0.25, 0.3) is 0 Å². The first-order valence-electron chi connectivity index (χ1n) is 8.91. The number of aryl methyl sites for hydroxylation is 2. The summed E-state index contributed by atoms with van der Waals surface area (Å²) in [5.74, 6) is 0.695. The molecule has 0 aliphatic rings. The van der Waals surface area contributed by atoms with E-state index < -0.39 is 12.0 Å². The Bertz CT molecular complexity index is 982. The molecular weight excluding hydrogens is 358 g/mol. The van der Waals surface area contributed by atoms with Crippen LogP contribution < -0.4 is 10.5 Å². The van der Waals surface area contributed by atoms with Crippen LogP contribution >= 0.6 is 0 Å². The van der Waals surface area contributed by atoms with E-state index in [1.54, 1.807) is 24.3 Å². The van der Waals surface area contributed by atoms with Crippen LogP contribution in [0.2, 0.25) is 0 Å². The van der Waals surface area contributed by atoms with E-state index in [1.807, 2.05) is 32.9 Å². The van der Waals surface area contributed by atoms with Gasteiger partial charge < -0.3 is 15.6 Å². The van der Waals surface area contributed by atoms with E-state index in [-0.39, 0.29) is 13.2 Å². The predicted octanol–water partition coefficient (Wildman–Crippen LogP) is 1.80. The van der Waals surface area contributed by atoms with Crippen LogP contribution in [-0.2, 0) is 6.54 Å². The van der Waals surface area contributed by atoms with Gasteiger partial charge in [-0.2, -0.15) is 4.80 Å². The number of hydrogen-bond acceptors (Lipinski definition) is 6. The van der Waals surface area contributed by atoms with Gasteiger partial charge >= 0.3 is 0 Å². The minimum absolute atomic E-state index is 0.120. The number of aromatic nitrogens is 4. The number of nitrogens with two attached hydrogens (primary N) is 1. The summed E-state index contributed by atoms with van der Waals surface area (Å²) in [4.78, 5) is 12.5. The van der Waals surface area contributed by atoms with Crippen LogP contribution in [0.3, 0.4) is 0 Å². The highest BCUT2D eigenvalue weighted by Crippen LogP contribution is 2.25. The van der Waals surface area contributed by atoms with Crippen molar-refractivity contribution in [2.24, 2.45) is 5.73 Å². The van der Waals surface area contributed by atoms with Crippen molar-refractivity contribution in [1.82, 2.24) is 20.2 Å². The Balaban J connectivity index is 1.62. The first kappa shape index (κ1) is 19.5. The lowest BCUT2D eigenvalue weighted by Crippen LogP contribution is -2.25. The molecule has 0 unspecified atom stereocenters. The number of carbonyl (C=O) groups excluding carboxylic acids is 1. The Morgan fingerprint density at radius 1 is 1.14 bits per heavy atom. The Kier molecular flexibility index (Phi) is 5.70. The quantitative estimate of drug-likeness (QED) is 0.645. The molecule has 2 aromatic carbocycles. The van der Waals surface area contributed by atoms with Crippen LogP contribution in [-0.4, -0.2) is 43.9 Å². The second kappa shape index (κ2) is 8.18. The molecule has 146 valence electrons. The SMILES string of the molecule is Cc1ccc(C)c(OC[C@H](O)Cn2nnc(-c3ccc(C(N)=O)cc3)n2)c1C. The van der Waals surface area contributed by atoms with Gasteiger partial charge in [-0.15, -0.1) is 10.2 Å². The Labute approximate surface area is 162 Å². The van der Waals surface area contributed by atoms with Crippen molar-refractivity contribution in [2.75, 3.05) is 6.61 Å². The van der Waals surface area contributed by atoms with Gasteiger partial charge in [0.15, 0.2) is 0 Å². The average molecular weight is 381 g/mol. The van der Waals surface area contributed by atoms with E-state index in [4.69, 9.17) is 10.5 Å². The van der Waals surface area contributed by atoms with Crippen molar-refractivity contribution in [3.8, 4) is 17.1 Å². The molecule has 3 N–H and O–H groups in total. The van der Waals surface area contributed by atoms with Crippen LogP contribution in [0, 0.1) is 20.8 Å². The zero-order valence-electron chi connectivity index (χ0n) is 16.1. The minimum Gasteiger partial charge on any atom is -0.490 e. The number of tetrazole rings is 1. The second-order valence-electron chi connectivity index (χ2n) is 6.73. The molecule has 28 heavy (non-hydrogen) atoms. The number of benzene rings is 2. The first-order valence-corrected chi connectivity index (χ1v) is 8.91. The highest BCUT2D eigenvalue weighted by atomic mass is 16.5. The first-order chi connectivity index (χ1) is 13.3. The fraction of sp³-hybridized carbons (Fsp3) is 0.300. The van der Waals surface area contributed by atoms with Crippen molar-refractivity contribution in [2.45, 2.75) is 33.4 Å². The zero-order valence-corrected chi connectivity index (χ0v) is 16.1. The van der Waals surface area contributed by atoms with Crippen LogP contribution in [0.4, 0.5) is 0 Å². The third-order valence-electron chi connectivity index (χ3n) is 4.55. The summed E-state index contributed by atoms with van der Waals surface area (Å²) in [6, 6.07) is 10.7. The zero-order chi connectivity index (χ0) is 20.3. The number of nitrogens with zero attached hydrogens (tertiary/aromatic N) is 4. The number of amides is 1. The van der Waals surface area contributed by atoms with Crippen LogP contribution in [0.25, 0.3) is 11.4 Å². The van der Waals surface area contributed by atoms with Crippen LogP contribution in [0.1, 0.15) is 27.0 Å². The number of aliphatic hydroxyl groups is 1. The fourth-order valence-corrected chi connectivity index (χ4v) is 2.79.